The topological polar surface area (TPSA) is 163 Å². The van der Waals surface area contributed by atoms with Gasteiger partial charge in [-0.15, -0.1) is 10.2 Å². The van der Waals surface area contributed by atoms with E-state index in [9.17, 15) is 4.79 Å². The summed E-state index contributed by atoms with van der Waals surface area (Å²) in [6.45, 7) is 5.45. The molecule has 6 N–H and O–H groups in total. The summed E-state index contributed by atoms with van der Waals surface area (Å²) in [5, 5.41) is 19.1. The molecule has 1 aromatic heterocycles. The zero-order chi connectivity index (χ0) is 21.3. The second-order valence-corrected chi connectivity index (χ2v) is 7.06. The Kier molecular flexibility index (Phi) is 8.61. The largest absolute Gasteiger partial charge is 0.493 e. The van der Waals surface area contributed by atoms with Crippen molar-refractivity contribution in [1.29, 1.82) is 0 Å². The van der Waals surface area contributed by atoms with Gasteiger partial charge in [0.15, 0.2) is 11.5 Å². The Morgan fingerprint density at radius 3 is 2.43 bits per heavy atom. The SMILES string of the molecule is CC(=O)O.COc1ccc(C(=O)NC(C)(C)c2nnc(N)s2)cc1OCCN. The predicted octanol–water partition coefficient (Wildman–Crippen LogP) is 1.22. The number of nitrogens with one attached hydrogen (secondary N) is 1. The lowest BCUT2D eigenvalue weighted by molar-refractivity contribution is -0.134. The Morgan fingerprint density at radius 1 is 1.29 bits per heavy atom. The van der Waals surface area contributed by atoms with E-state index in [1.165, 1.54) is 18.4 Å². The molecule has 0 spiro atoms. The summed E-state index contributed by atoms with van der Waals surface area (Å²) in [4.78, 5) is 21.6. The lowest BCUT2D eigenvalue weighted by atomic mass is 10.1. The molecule has 1 aromatic carbocycles. The van der Waals surface area contributed by atoms with Crippen molar-refractivity contribution in [2.45, 2.75) is 26.3 Å². The summed E-state index contributed by atoms with van der Waals surface area (Å²) in [6, 6.07) is 4.96. The number of benzene rings is 1. The quantitative estimate of drug-likeness (QED) is 0.524. The van der Waals surface area contributed by atoms with Crippen LogP contribution >= 0.6 is 11.3 Å². The number of carbonyl (C=O) groups excluding carboxylic acids is 1. The van der Waals surface area contributed by atoms with Crippen LogP contribution in [0.5, 0.6) is 11.5 Å². The molecule has 0 atom stereocenters. The molecule has 1 amide bonds. The van der Waals surface area contributed by atoms with Crippen LogP contribution in [0, 0.1) is 0 Å². The minimum Gasteiger partial charge on any atom is -0.493 e. The molecule has 2 rings (SSSR count). The van der Waals surface area contributed by atoms with Crippen molar-refractivity contribution in [3.8, 4) is 11.5 Å². The summed E-state index contributed by atoms with van der Waals surface area (Å²) in [5.41, 5.74) is 10.8. The first-order valence-corrected chi connectivity index (χ1v) is 9.04. The van der Waals surface area contributed by atoms with Crippen molar-refractivity contribution in [3.05, 3.63) is 28.8 Å². The third-order valence-electron chi connectivity index (χ3n) is 3.20. The van der Waals surface area contributed by atoms with Crippen LogP contribution in [0.25, 0.3) is 0 Å². The number of carbonyl (C=O) groups is 2. The number of amides is 1. The highest BCUT2D eigenvalue weighted by Crippen LogP contribution is 2.29. The van der Waals surface area contributed by atoms with Crippen molar-refractivity contribution >= 4 is 28.3 Å². The average Bonchev–Trinajstić information content (AvgIpc) is 3.06. The fourth-order valence-electron chi connectivity index (χ4n) is 2.00. The summed E-state index contributed by atoms with van der Waals surface area (Å²) in [7, 11) is 1.54. The zero-order valence-electron chi connectivity index (χ0n) is 16.2. The van der Waals surface area contributed by atoms with E-state index < -0.39 is 11.5 Å². The molecule has 0 aliphatic rings. The molecule has 0 unspecified atom stereocenters. The second-order valence-electron chi connectivity index (χ2n) is 6.05. The van der Waals surface area contributed by atoms with Crippen LogP contribution in [0.15, 0.2) is 18.2 Å². The Hall–Kier alpha value is -2.92. The number of rotatable bonds is 7. The number of carboxylic acids is 1. The molecule has 0 aliphatic carbocycles. The van der Waals surface area contributed by atoms with Crippen LogP contribution in [0.4, 0.5) is 5.13 Å². The van der Waals surface area contributed by atoms with Gasteiger partial charge in [-0.05, 0) is 32.0 Å². The van der Waals surface area contributed by atoms with Gasteiger partial charge < -0.3 is 31.4 Å². The first-order chi connectivity index (χ1) is 13.1. The first kappa shape index (κ1) is 23.1. The zero-order valence-corrected chi connectivity index (χ0v) is 17.0. The number of anilines is 1. The van der Waals surface area contributed by atoms with Gasteiger partial charge in [0.05, 0.1) is 12.6 Å². The van der Waals surface area contributed by atoms with Crippen LogP contribution in [0.2, 0.25) is 0 Å². The van der Waals surface area contributed by atoms with Gasteiger partial charge in [-0.25, -0.2) is 0 Å². The molecular formula is C17H25N5O5S. The highest BCUT2D eigenvalue weighted by atomic mass is 32.1. The molecule has 0 radical (unpaired) electrons. The summed E-state index contributed by atoms with van der Waals surface area (Å²) >= 11 is 1.23. The molecule has 28 heavy (non-hydrogen) atoms. The minimum absolute atomic E-state index is 0.269. The third kappa shape index (κ3) is 7.00. The standard InChI is InChI=1S/C15H21N5O3S.C2H4O2/c1-15(2,13-19-20-14(17)24-13)18-12(21)9-4-5-10(22-3)11(8-9)23-7-6-16;1-2(3)4/h4-5,8H,6-7,16H2,1-3H3,(H2,17,20)(H,18,21);1H3,(H,3,4). The van der Waals surface area contributed by atoms with Gasteiger partial charge >= 0.3 is 0 Å². The van der Waals surface area contributed by atoms with Gasteiger partial charge in [0.1, 0.15) is 11.6 Å². The van der Waals surface area contributed by atoms with Crippen LogP contribution < -0.4 is 26.3 Å². The number of ether oxygens (including phenoxy) is 2. The number of carboxylic acid groups (broad SMARTS) is 1. The first-order valence-electron chi connectivity index (χ1n) is 8.23. The molecule has 154 valence electrons. The van der Waals surface area contributed by atoms with E-state index in [1.54, 1.807) is 18.2 Å². The fourth-order valence-corrected chi connectivity index (χ4v) is 2.66. The smallest absolute Gasteiger partial charge is 0.300 e. The van der Waals surface area contributed by atoms with Gasteiger partial charge in [-0.2, -0.15) is 0 Å². The maximum absolute atomic E-state index is 12.6. The fraction of sp³-hybridized carbons (Fsp3) is 0.412. The Morgan fingerprint density at radius 2 is 1.93 bits per heavy atom. The molecule has 2 aromatic rings. The Labute approximate surface area is 166 Å². The molecule has 0 saturated carbocycles. The summed E-state index contributed by atoms with van der Waals surface area (Å²) < 4.78 is 10.7. The lowest BCUT2D eigenvalue weighted by Crippen LogP contribution is -2.41. The van der Waals surface area contributed by atoms with E-state index in [4.69, 9.17) is 30.8 Å². The lowest BCUT2D eigenvalue weighted by Gasteiger charge is -2.23. The number of hydrogen-bond acceptors (Lipinski definition) is 9. The van der Waals surface area contributed by atoms with E-state index in [2.05, 4.69) is 15.5 Å². The van der Waals surface area contributed by atoms with E-state index in [0.717, 1.165) is 6.92 Å². The van der Waals surface area contributed by atoms with Crippen molar-refractivity contribution in [2.24, 2.45) is 5.73 Å². The van der Waals surface area contributed by atoms with Crippen molar-refractivity contribution < 1.29 is 24.2 Å². The molecule has 0 aliphatic heterocycles. The molecular weight excluding hydrogens is 386 g/mol. The molecule has 1 heterocycles. The number of methoxy groups -OCH3 is 1. The highest BCUT2D eigenvalue weighted by Gasteiger charge is 2.28. The Bertz CT molecular complexity index is 805. The number of aliphatic carboxylic acids is 1. The summed E-state index contributed by atoms with van der Waals surface area (Å²) in [6.07, 6.45) is 0. The minimum atomic E-state index is -0.833. The van der Waals surface area contributed by atoms with Gasteiger partial charge in [0.2, 0.25) is 5.13 Å². The van der Waals surface area contributed by atoms with Gasteiger partial charge in [-0.1, -0.05) is 11.3 Å². The van der Waals surface area contributed by atoms with Gasteiger partial charge in [0, 0.05) is 19.0 Å². The van der Waals surface area contributed by atoms with E-state index >= 15 is 0 Å². The van der Waals surface area contributed by atoms with E-state index in [1.807, 2.05) is 13.8 Å². The van der Waals surface area contributed by atoms with Crippen LogP contribution in [0.1, 0.15) is 36.1 Å². The second kappa shape index (κ2) is 10.4. The average molecular weight is 411 g/mol. The monoisotopic (exact) mass is 411 g/mol. The molecule has 0 bridgehead atoms. The molecule has 0 fully saturated rings. The Balaban J connectivity index is 0.000000892. The van der Waals surface area contributed by atoms with Crippen molar-refractivity contribution in [2.75, 3.05) is 26.0 Å². The number of nitrogen functional groups attached to an aromatic ring is 1. The van der Waals surface area contributed by atoms with Crippen LogP contribution in [-0.2, 0) is 10.3 Å². The molecule has 0 saturated heterocycles. The number of hydrogen-bond donors (Lipinski definition) is 4. The van der Waals surface area contributed by atoms with Crippen molar-refractivity contribution in [1.82, 2.24) is 15.5 Å². The van der Waals surface area contributed by atoms with E-state index in [0.29, 0.717) is 40.4 Å². The number of nitrogens with zero attached hydrogens (tertiary/aromatic N) is 2. The summed E-state index contributed by atoms with van der Waals surface area (Å²) in [5.74, 6) is -0.0984. The van der Waals surface area contributed by atoms with Crippen LogP contribution in [-0.4, -0.2) is 47.4 Å². The van der Waals surface area contributed by atoms with Gasteiger partial charge in [0.25, 0.3) is 11.9 Å². The normalized spacial score (nSPS) is 10.5. The van der Waals surface area contributed by atoms with E-state index in [-0.39, 0.29) is 5.91 Å². The highest BCUT2D eigenvalue weighted by molar-refractivity contribution is 7.15. The third-order valence-corrected chi connectivity index (χ3v) is 4.28. The maximum Gasteiger partial charge on any atom is 0.300 e. The molecule has 10 nitrogen and oxygen atoms in total. The maximum atomic E-state index is 12.6. The van der Waals surface area contributed by atoms with Gasteiger partial charge in [-0.3, -0.25) is 9.59 Å². The van der Waals surface area contributed by atoms with Crippen molar-refractivity contribution in [3.63, 3.8) is 0 Å². The predicted molar refractivity (Wildman–Crippen MR) is 106 cm³/mol. The number of aromatic nitrogens is 2. The number of nitrogens with two attached hydrogens (primary N) is 2. The van der Waals surface area contributed by atoms with Crippen LogP contribution in [0.3, 0.4) is 0 Å². The molecule has 11 heteroatoms.